The van der Waals surface area contributed by atoms with Crippen molar-refractivity contribution >= 4 is 49.6 Å². The highest BCUT2D eigenvalue weighted by Gasteiger charge is 2.19. The van der Waals surface area contributed by atoms with Gasteiger partial charge in [-0.15, -0.1) is 5.10 Å². The number of primary amides is 1. The lowest BCUT2D eigenvalue weighted by Crippen LogP contribution is -2.24. The second kappa shape index (κ2) is 10.0. The van der Waals surface area contributed by atoms with Gasteiger partial charge in [0.1, 0.15) is 5.56 Å². The van der Waals surface area contributed by atoms with Gasteiger partial charge in [0.05, 0.1) is 21.0 Å². The minimum Gasteiger partial charge on any atom is -0.381 e. The van der Waals surface area contributed by atoms with Crippen molar-refractivity contribution in [2.75, 3.05) is 12.0 Å². The minimum absolute atomic E-state index is 0.103. The second-order valence-electron chi connectivity index (χ2n) is 8.09. The Bertz CT molecular complexity index is 1830. The molecule has 0 aliphatic heterocycles. The summed E-state index contributed by atoms with van der Waals surface area (Å²) in [4.78, 5) is 28.1. The molecule has 0 aliphatic carbocycles. The van der Waals surface area contributed by atoms with Gasteiger partial charge in [-0.1, -0.05) is 42.8 Å². The number of halogens is 1. The average Bonchev–Trinajstić information content (AvgIpc) is 3.19. The van der Waals surface area contributed by atoms with Gasteiger partial charge in [-0.05, 0) is 42.1 Å². The van der Waals surface area contributed by atoms with Crippen LogP contribution in [-0.4, -0.2) is 39.7 Å². The van der Waals surface area contributed by atoms with Crippen LogP contribution in [0.1, 0.15) is 23.0 Å². The van der Waals surface area contributed by atoms with Crippen molar-refractivity contribution < 1.29 is 13.2 Å². The SMILES string of the molecule is CCc1cc2cccc(Cl)c2c(=O)n1-c1ccccc1S(C)(=O)=O.NC(=O)c1c(N)nn2cccnc12. The Morgan fingerprint density at radius 2 is 1.84 bits per heavy atom. The van der Waals surface area contributed by atoms with Gasteiger partial charge < -0.3 is 11.5 Å². The van der Waals surface area contributed by atoms with Crippen LogP contribution >= 0.6 is 11.6 Å². The third kappa shape index (κ3) is 4.91. The van der Waals surface area contributed by atoms with Gasteiger partial charge in [-0.3, -0.25) is 14.2 Å². The quantitative estimate of drug-likeness (QED) is 0.356. The normalized spacial score (nSPS) is 11.3. The van der Waals surface area contributed by atoms with Crippen LogP contribution in [0, 0.1) is 0 Å². The van der Waals surface area contributed by atoms with Crippen LogP contribution in [0.4, 0.5) is 5.82 Å². The predicted octanol–water partition coefficient (Wildman–Crippen LogP) is 3.02. The van der Waals surface area contributed by atoms with Gasteiger partial charge in [0.2, 0.25) is 0 Å². The predicted molar refractivity (Wildman–Crippen MR) is 143 cm³/mol. The van der Waals surface area contributed by atoms with E-state index in [0.717, 1.165) is 17.3 Å². The Labute approximate surface area is 217 Å². The molecule has 0 aliphatic rings. The number of amides is 1. The third-order valence-corrected chi connectivity index (χ3v) is 7.07. The summed E-state index contributed by atoms with van der Waals surface area (Å²) in [6, 6.07) is 15.3. The zero-order valence-electron chi connectivity index (χ0n) is 19.9. The van der Waals surface area contributed by atoms with E-state index in [1.54, 1.807) is 48.8 Å². The van der Waals surface area contributed by atoms with Crippen LogP contribution in [0.2, 0.25) is 5.02 Å². The number of benzene rings is 2. The van der Waals surface area contributed by atoms with E-state index in [0.29, 0.717) is 28.2 Å². The maximum absolute atomic E-state index is 13.1. The zero-order chi connectivity index (χ0) is 26.9. The van der Waals surface area contributed by atoms with Gasteiger partial charge in [0, 0.05) is 24.3 Å². The summed E-state index contributed by atoms with van der Waals surface area (Å²) in [5.74, 6) is -0.516. The van der Waals surface area contributed by atoms with Crippen molar-refractivity contribution in [1.29, 1.82) is 0 Å². The number of anilines is 1. The number of sulfone groups is 1. The largest absolute Gasteiger partial charge is 0.381 e. The first-order valence-electron chi connectivity index (χ1n) is 11.1. The fourth-order valence-electron chi connectivity index (χ4n) is 3.99. The van der Waals surface area contributed by atoms with E-state index in [1.807, 2.05) is 19.1 Å². The maximum Gasteiger partial charge on any atom is 0.264 e. The highest BCUT2D eigenvalue weighted by Crippen LogP contribution is 2.25. The topological polar surface area (TPSA) is 155 Å². The molecular formula is C25H23ClN6O4S. The van der Waals surface area contributed by atoms with E-state index in [1.165, 1.54) is 15.1 Å². The number of fused-ring (bicyclic) bond motifs is 2. The highest BCUT2D eigenvalue weighted by molar-refractivity contribution is 7.90. The summed E-state index contributed by atoms with van der Waals surface area (Å²) in [6.07, 6.45) is 4.90. The van der Waals surface area contributed by atoms with Crippen LogP contribution in [0.15, 0.2) is 76.7 Å². The van der Waals surface area contributed by atoms with E-state index in [4.69, 9.17) is 23.1 Å². The Morgan fingerprint density at radius 1 is 1.11 bits per heavy atom. The van der Waals surface area contributed by atoms with E-state index >= 15 is 0 Å². The minimum atomic E-state index is -3.48. The van der Waals surface area contributed by atoms with E-state index in [9.17, 15) is 18.0 Å². The molecule has 0 saturated heterocycles. The molecule has 190 valence electrons. The molecule has 0 unspecified atom stereocenters. The zero-order valence-corrected chi connectivity index (χ0v) is 21.5. The number of carbonyl (C=O) groups is 1. The van der Waals surface area contributed by atoms with Crippen molar-refractivity contribution in [3.05, 3.63) is 93.6 Å². The molecule has 0 bridgehead atoms. The Morgan fingerprint density at radius 3 is 2.51 bits per heavy atom. The number of hydrogen-bond donors (Lipinski definition) is 2. The van der Waals surface area contributed by atoms with Gasteiger partial charge >= 0.3 is 0 Å². The summed E-state index contributed by atoms with van der Waals surface area (Å²) >= 11 is 6.22. The molecule has 4 N–H and O–H groups in total. The third-order valence-electron chi connectivity index (χ3n) is 5.61. The summed E-state index contributed by atoms with van der Waals surface area (Å²) < 4.78 is 27.1. The van der Waals surface area contributed by atoms with E-state index < -0.39 is 15.7 Å². The fraction of sp³-hybridized carbons (Fsp3) is 0.120. The Balaban J connectivity index is 0.000000207. The first kappa shape index (κ1) is 25.9. The number of nitrogens with zero attached hydrogens (tertiary/aromatic N) is 4. The summed E-state index contributed by atoms with van der Waals surface area (Å²) in [5.41, 5.74) is 11.9. The average molecular weight is 539 g/mol. The standard InChI is InChI=1S/C18H16ClNO3S.C7H7N5O/c1-3-13-11-12-7-6-8-14(19)17(12)18(21)20(13)15-9-4-5-10-16(15)24(2,22)23;8-5-4(6(9)13)7-10-2-1-3-12(7)11-5/h4-11H,3H2,1-2H3;1-3H,(H2,8,11)(H2,9,13). The molecule has 0 saturated carbocycles. The number of aromatic nitrogens is 4. The molecule has 0 fully saturated rings. The lowest BCUT2D eigenvalue weighted by molar-refractivity contribution is 0.100. The van der Waals surface area contributed by atoms with Crippen molar-refractivity contribution in [3.63, 3.8) is 0 Å². The number of carbonyl (C=O) groups excluding carboxylic acids is 1. The number of rotatable bonds is 4. The van der Waals surface area contributed by atoms with Crippen LogP contribution in [0.25, 0.3) is 22.1 Å². The lowest BCUT2D eigenvalue weighted by atomic mass is 10.1. The molecule has 3 aromatic heterocycles. The monoisotopic (exact) mass is 538 g/mol. The molecule has 0 radical (unpaired) electrons. The van der Waals surface area contributed by atoms with Gasteiger partial charge in [0.25, 0.3) is 11.5 Å². The number of para-hydroxylation sites is 1. The van der Waals surface area contributed by atoms with Crippen molar-refractivity contribution in [2.24, 2.45) is 5.73 Å². The van der Waals surface area contributed by atoms with Crippen molar-refractivity contribution in [2.45, 2.75) is 18.2 Å². The summed E-state index contributed by atoms with van der Waals surface area (Å²) in [5, 5.41) is 5.35. The fourth-order valence-corrected chi connectivity index (χ4v) is 5.12. The number of aryl methyl sites for hydroxylation is 1. The first-order chi connectivity index (χ1) is 17.5. The number of nitrogen functional groups attached to an aromatic ring is 1. The Hall–Kier alpha value is -4.22. The highest BCUT2D eigenvalue weighted by atomic mass is 35.5. The maximum atomic E-state index is 13.1. The molecule has 2 aromatic carbocycles. The lowest BCUT2D eigenvalue weighted by Gasteiger charge is -2.16. The van der Waals surface area contributed by atoms with Gasteiger partial charge in [-0.25, -0.2) is 17.9 Å². The number of nitrogens with two attached hydrogens (primary N) is 2. The van der Waals surface area contributed by atoms with Gasteiger partial charge in [-0.2, -0.15) is 0 Å². The Kier molecular flexibility index (Phi) is 7.01. The summed E-state index contributed by atoms with van der Waals surface area (Å²) in [6.45, 7) is 1.92. The first-order valence-corrected chi connectivity index (χ1v) is 13.3. The molecule has 5 aromatic rings. The molecule has 1 amide bonds. The molecule has 0 atom stereocenters. The molecule has 0 spiro atoms. The summed E-state index contributed by atoms with van der Waals surface area (Å²) in [7, 11) is -3.48. The van der Waals surface area contributed by atoms with E-state index in [2.05, 4.69) is 10.1 Å². The number of hydrogen-bond acceptors (Lipinski definition) is 7. The van der Waals surface area contributed by atoms with Gasteiger partial charge in [0.15, 0.2) is 21.3 Å². The van der Waals surface area contributed by atoms with Crippen LogP contribution < -0.4 is 17.0 Å². The molecule has 12 heteroatoms. The van der Waals surface area contributed by atoms with Crippen LogP contribution in [0.5, 0.6) is 0 Å². The van der Waals surface area contributed by atoms with Crippen LogP contribution in [0.3, 0.4) is 0 Å². The number of pyridine rings is 1. The molecule has 5 rings (SSSR count). The smallest absolute Gasteiger partial charge is 0.264 e. The second-order valence-corrected chi connectivity index (χ2v) is 10.5. The molecule has 10 nitrogen and oxygen atoms in total. The van der Waals surface area contributed by atoms with E-state index in [-0.39, 0.29) is 21.8 Å². The molecular weight excluding hydrogens is 516 g/mol. The van der Waals surface area contributed by atoms with Crippen molar-refractivity contribution in [1.82, 2.24) is 19.2 Å². The molecule has 3 heterocycles. The molecule has 37 heavy (non-hydrogen) atoms. The van der Waals surface area contributed by atoms with Crippen molar-refractivity contribution in [3.8, 4) is 5.69 Å². The van der Waals surface area contributed by atoms with Crippen LogP contribution in [-0.2, 0) is 16.3 Å².